The lowest BCUT2D eigenvalue weighted by molar-refractivity contribution is 0.414. The minimum absolute atomic E-state index is 0.624. The number of benzene rings is 1. The van der Waals surface area contributed by atoms with Gasteiger partial charge in [-0.25, -0.2) is 0 Å². The molecule has 128 valence electrons. The molecule has 1 heterocycles. The molecule has 1 aliphatic heterocycles. The van der Waals surface area contributed by atoms with Gasteiger partial charge >= 0.3 is 0 Å². The third-order valence-corrected chi connectivity index (χ3v) is 4.70. The molecule has 1 atom stereocenters. The predicted molar refractivity (Wildman–Crippen MR) is 101 cm³/mol. The van der Waals surface area contributed by atoms with Crippen LogP contribution in [0.2, 0.25) is 0 Å². The van der Waals surface area contributed by atoms with E-state index in [1.807, 2.05) is 30.9 Å². The van der Waals surface area contributed by atoms with E-state index in [-0.39, 0.29) is 0 Å². The standard InChI is InChI=1S/C17H28N4OS/c1-18-17(19-9-11-23-3)20-12-14-8-10-21(13-14)15-6-4-5-7-16(15)22-2/h4-7,14H,8-13H2,1-3H3,(H2,18,19,20). The van der Waals surface area contributed by atoms with E-state index in [4.69, 9.17) is 4.74 Å². The number of anilines is 1. The van der Waals surface area contributed by atoms with Crippen molar-refractivity contribution in [3.05, 3.63) is 24.3 Å². The Morgan fingerprint density at radius 3 is 2.96 bits per heavy atom. The zero-order valence-corrected chi connectivity index (χ0v) is 15.2. The van der Waals surface area contributed by atoms with Crippen LogP contribution >= 0.6 is 11.8 Å². The summed E-state index contributed by atoms with van der Waals surface area (Å²) in [7, 11) is 3.56. The van der Waals surface area contributed by atoms with Gasteiger partial charge < -0.3 is 20.3 Å². The van der Waals surface area contributed by atoms with Crippen molar-refractivity contribution in [2.75, 3.05) is 57.2 Å². The molecule has 6 heteroatoms. The van der Waals surface area contributed by atoms with Gasteiger partial charge in [0, 0.05) is 39.0 Å². The maximum Gasteiger partial charge on any atom is 0.191 e. The van der Waals surface area contributed by atoms with Gasteiger partial charge in [0.05, 0.1) is 12.8 Å². The lowest BCUT2D eigenvalue weighted by atomic mass is 10.1. The summed E-state index contributed by atoms with van der Waals surface area (Å²) in [5.41, 5.74) is 1.19. The summed E-state index contributed by atoms with van der Waals surface area (Å²) < 4.78 is 5.48. The molecular weight excluding hydrogens is 308 g/mol. The van der Waals surface area contributed by atoms with Gasteiger partial charge in [0.15, 0.2) is 5.96 Å². The Morgan fingerprint density at radius 2 is 2.22 bits per heavy atom. The largest absolute Gasteiger partial charge is 0.495 e. The van der Waals surface area contributed by atoms with Crippen LogP contribution in [0, 0.1) is 5.92 Å². The van der Waals surface area contributed by atoms with Gasteiger partial charge in [-0.2, -0.15) is 11.8 Å². The Morgan fingerprint density at radius 1 is 1.39 bits per heavy atom. The molecule has 0 spiro atoms. The third kappa shape index (κ3) is 5.23. The number of nitrogens with one attached hydrogen (secondary N) is 2. The van der Waals surface area contributed by atoms with E-state index in [2.05, 4.69) is 38.9 Å². The van der Waals surface area contributed by atoms with Crippen LogP contribution in [0.5, 0.6) is 5.75 Å². The molecule has 0 saturated carbocycles. The van der Waals surface area contributed by atoms with Crippen LogP contribution < -0.4 is 20.3 Å². The number of para-hydroxylation sites is 2. The molecule has 1 aromatic rings. The van der Waals surface area contributed by atoms with Crippen molar-refractivity contribution >= 4 is 23.4 Å². The molecule has 1 aliphatic rings. The van der Waals surface area contributed by atoms with Crippen molar-refractivity contribution in [2.24, 2.45) is 10.9 Å². The lowest BCUT2D eigenvalue weighted by Crippen LogP contribution is -2.41. The fourth-order valence-electron chi connectivity index (χ4n) is 2.84. The first-order valence-electron chi connectivity index (χ1n) is 8.10. The summed E-state index contributed by atoms with van der Waals surface area (Å²) in [6, 6.07) is 8.25. The SMILES string of the molecule is CN=C(NCCSC)NCC1CCN(c2ccccc2OC)C1. The fourth-order valence-corrected chi connectivity index (χ4v) is 3.15. The van der Waals surface area contributed by atoms with E-state index in [0.29, 0.717) is 5.92 Å². The second-order valence-corrected chi connectivity index (χ2v) is 6.63. The van der Waals surface area contributed by atoms with E-state index >= 15 is 0 Å². The summed E-state index contributed by atoms with van der Waals surface area (Å²) >= 11 is 1.84. The zero-order chi connectivity index (χ0) is 16.5. The van der Waals surface area contributed by atoms with Crippen LogP contribution in [0.15, 0.2) is 29.3 Å². The number of hydrogen-bond donors (Lipinski definition) is 2. The second kappa shape index (κ2) is 9.55. The monoisotopic (exact) mass is 336 g/mol. The Kier molecular flexibility index (Phi) is 7.39. The molecule has 1 saturated heterocycles. The summed E-state index contributed by atoms with van der Waals surface area (Å²) in [5.74, 6) is 3.57. The molecule has 2 rings (SSSR count). The first kappa shape index (κ1) is 17.8. The maximum atomic E-state index is 5.48. The summed E-state index contributed by atoms with van der Waals surface area (Å²) in [6.45, 7) is 4.02. The molecule has 2 N–H and O–H groups in total. The Bertz CT molecular complexity index is 509. The summed E-state index contributed by atoms with van der Waals surface area (Å²) in [5, 5.41) is 6.78. The Labute approximate surface area is 143 Å². The van der Waals surface area contributed by atoms with Gasteiger partial charge in [-0.1, -0.05) is 12.1 Å². The fraction of sp³-hybridized carbons (Fsp3) is 0.588. The average molecular weight is 337 g/mol. The molecule has 1 unspecified atom stereocenters. The number of thioether (sulfide) groups is 1. The summed E-state index contributed by atoms with van der Waals surface area (Å²) in [6.07, 6.45) is 3.30. The molecule has 0 radical (unpaired) electrons. The van der Waals surface area contributed by atoms with Gasteiger partial charge in [0.25, 0.3) is 0 Å². The number of nitrogens with zero attached hydrogens (tertiary/aromatic N) is 2. The molecule has 5 nitrogen and oxygen atoms in total. The van der Waals surface area contributed by atoms with Crippen molar-refractivity contribution in [3.63, 3.8) is 0 Å². The highest BCUT2D eigenvalue weighted by Gasteiger charge is 2.24. The van der Waals surface area contributed by atoms with Gasteiger partial charge in [-0.05, 0) is 30.7 Å². The van der Waals surface area contributed by atoms with Crippen LogP contribution in [0.1, 0.15) is 6.42 Å². The van der Waals surface area contributed by atoms with Crippen molar-refractivity contribution in [2.45, 2.75) is 6.42 Å². The molecule has 23 heavy (non-hydrogen) atoms. The van der Waals surface area contributed by atoms with Gasteiger partial charge in [-0.15, -0.1) is 0 Å². The average Bonchev–Trinajstić information content (AvgIpc) is 3.06. The quantitative estimate of drug-likeness (QED) is 0.453. The van der Waals surface area contributed by atoms with E-state index < -0.39 is 0 Å². The van der Waals surface area contributed by atoms with Crippen LogP contribution in [0.4, 0.5) is 5.69 Å². The molecule has 1 fully saturated rings. The maximum absolute atomic E-state index is 5.48. The number of rotatable bonds is 7. The second-order valence-electron chi connectivity index (χ2n) is 5.65. The highest BCUT2D eigenvalue weighted by atomic mass is 32.2. The number of methoxy groups -OCH3 is 1. The van der Waals surface area contributed by atoms with Crippen molar-refractivity contribution in [3.8, 4) is 5.75 Å². The van der Waals surface area contributed by atoms with Crippen LogP contribution in [0.3, 0.4) is 0 Å². The third-order valence-electron chi connectivity index (χ3n) is 4.09. The van der Waals surface area contributed by atoms with Gasteiger partial charge in [-0.3, -0.25) is 4.99 Å². The lowest BCUT2D eigenvalue weighted by Gasteiger charge is -2.21. The van der Waals surface area contributed by atoms with Crippen molar-refractivity contribution in [1.82, 2.24) is 10.6 Å². The van der Waals surface area contributed by atoms with Crippen molar-refractivity contribution in [1.29, 1.82) is 0 Å². The number of aliphatic imine (C=N–C) groups is 1. The molecule has 0 amide bonds. The minimum Gasteiger partial charge on any atom is -0.495 e. The molecule has 0 bridgehead atoms. The highest BCUT2D eigenvalue weighted by molar-refractivity contribution is 7.98. The van der Waals surface area contributed by atoms with E-state index in [1.54, 1.807) is 7.11 Å². The van der Waals surface area contributed by atoms with E-state index in [0.717, 1.165) is 43.6 Å². The van der Waals surface area contributed by atoms with Crippen LogP contribution in [-0.4, -0.2) is 58.3 Å². The van der Waals surface area contributed by atoms with Gasteiger partial charge in [0.2, 0.25) is 0 Å². The Balaban J connectivity index is 1.81. The predicted octanol–water partition coefficient (Wildman–Crippen LogP) is 2.05. The topological polar surface area (TPSA) is 48.9 Å². The summed E-state index contributed by atoms with van der Waals surface area (Å²) in [4.78, 5) is 6.69. The highest BCUT2D eigenvalue weighted by Crippen LogP contribution is 2.31. The number of guanidine groups is 1. The van der Waals surface area contributed by atoms with E-state index in [1.165, 1.54) is 12.1 Å². The van der Waals surface area contributed by atoms with Crippen LogP contribution in [0.25, 0.3) is 0 Å². The van der Waals surface area contributed by atoms with Gasteiger partial charge in [0.1, 0.15) is 5.75 Å². The number of ether oxygens (including phenoxy) is 1. The Hall–Kier alpha value is -1.56. The molecule has 0 aromatic heterocycles. The van der Waals surface area contributed by atoms with Crippen molar-refractivity contribution < 1.29 is 4.74 Å². The first-order chi connectivity index (χ1) is 11.3. The normalized spacial score (nSPS) is 18.1. The van der Waals surface area contributed by atoms with E-state index in [9.17, 15) is 0 Å². The minimum atomic E-state index is 0.624. The molecule has 0 aliphatic carbocycles. The van der Waals surface area contributed by atoms with Crippen LogP contribution in [-0.2, 0) is 0 Å². The smallest absolute Gasteiger partial charge is 0.191 e. The molecular formula is C17H28N4OS. The first-order valence-corrected chi connectivity index (χ1v) is 9.49. The molecule has 1 aromatic carbocycles. The number of hydrogen-bond acceptors (Lipinski definition) is 4. The zero-order valence-electron chi connectivity index (χ0n) is 14.3.